The second-order valence-electron chi connectivity index (χ2n) is 8.10. The van der Waals surface area contributed by atoms with Gasteiger partial charge in [0.05, 0.1) is 11.6 Å². The van der Waals surface area contributed by atoms with Crippen LogP contribution in [-0.4, -0.2) is 22.6 Å². The Morgan fingerprint density at radius 2 is 2.00 bits per heavy atom. The summed E-state index contributed by atoms with van der Waals surface area (Å²) in [6.45, 7) is 2.09. The van der Waals surface area contributed by atoms with Gasteiger partial charge in [0.25, 0.3) is 0 Å². The van der Waals surface area contributed by atoms with Crippen molar-refractivity contribution >= 4 is 5.84 Å². The van der Waals surface area contributed by atoms with E-state index in [4.69, 9.17) is 10.3 Å². The lowest BCUT2D eigenvalue weighted by atomic mass is 9.52. The monoisotopic (exact) mass is 323 g/mol. The summed E-state index contributed by atoms with van der Waals surface area (Å²) < 4.78 is 0. The van der Waals surface area contributed by atoms with Crippen molar-refractivity contribution < 1.29 is 5.11 Å². The smallest absolute Gasteiger partial charge is 0.182 e. The molecule has 0 saturated heterocycles. The number of benzene rings is 1. The molecule has 4 bridgehead atoms. The summed E-state index contributed by atoms with van der Waals surface area (Å²) in [5.74, 6) is 2.42. The lowest BCUT2D eigenvalue weighted by Crippen LogP contribution is -2.56. The quantitative estimate of drug-likeness (QED) is 0.389. The molecule has 4 saturated carbocycles. The molecule has 126 valence electrons. The second kappa shape index (κ2) is 5.89. The van der Waals surface area contributed by atoms with Crippen molar-refractivity contribution in [1.82, 2.24) is 5.32 Å². The van der Waals surface area contributed by atoms with Crippen molar-refractivity contribution in [2.24, 2.45) is 22.7 Å². The lowest BCUT2D eigenvalue weighted by molar-refractivity contribution is -0.132. The molecule has 2 atom stereocenters. The molecule has 0 aliphatic heterocycles. The molecule has 2 unspecified atom stereocenters. The highest BCUT2D eigenvalue weighted by Crippen LogP contribution is 2.56. The van der Waals surface area contributed by atoms with E-state index >= 15 is 0 Å². The van der Waals surface area contributed by atoms with Crippen molar-refractivity contribution in [2.45, 2.75) is 57.1 Å². The molecule has 0 heterocycles. The van der Waals surface area contributed by atoms with E-state index in [2.05, 4.69) is 30.6 Å². The van der Waals surface area contributed by atoms with E-state index in [1.807, 2.05) is 12.1 Å². The molecular weight excluding hydrogens is 298 g/mol. The summed E-state index contributed by atoms with van der Waals surface area (Å²) in [5.41, 5.74) is 2.01. The van der Waals surface area contributed by atoms with Gasteiger partial charge in [-0.3, -0.25) is 10.3 Å². The molecule has 5 rings (SSSR count). The number of amidine groups is 1. The molecule has 4 heteroatoms. The highest BCUT2D eigenvalue weighted by Gasteiger charge is 2.54. The van der Waals surface area contributed by atoms with Gasteiger partial charge in [-0.1, -0.05) is 24.3 Å². The summed E-state index contributed by atoms with van der Waals surface area (Å²) in [7, 11) is 0. The maximum absolute atomic E-state index is 10.7. The number of hydrogen-bond acceptors (Lipinski definition) is 3. The summed E-state index contributed by atoms with van der Waals surface area (Å²) in [4.78, 5) is 5.00. The van der Waals surface area contributed by atoms with Crippen LogP contribution in [0.5, 0.6) is 0 Å². The van der Waals surface area contributed by atoms with Gasteiger partial charge in [-0.2, -0.15) is 5.26 Å². The van der Waals surface area contributed by atoms with Crippen LogP contribution in [0.3, 0.4) is 0 Å². The molecule has 0 radical (unpaired) electrons. The van der Waals surface area contributed by atoms with Crippen LogP contribution in [-0.2, 0) is 6.42 Å². The molecule has 4 aliphatic rings. The summed E-state index contributed by atoms with van der Waals surface area (Å²) in [5, 5.41) is 22.7. The fraction of sp³-hybridized carbons (Fsp3) is 0.600. The molecule has 4 fully saturated rings. The Hall–Kier alpha value is -1.86. The van der Waals surface area contributed by atoms with Crippen molar-refractivity contribution in [3.05, 3.63) is 35.4 Å². The summed E-state index contributed by atoms with van der Waals surface area (Å²) in [6.07, 6.45) is 7.88. The molecule has 1 aromatic rings. The predicted molar refractivity (Wildman–Crippen MR) is 93.4 cm³/mol. The van der Waals surface area contributed by atoms with E-state index in [9.17, 15) is 5.11 Å². The van der Waals surface area contributed by atoms with Gasteiger partial charge in [0.1, 0.15) is 5.84 Å². The molecule has 1 aromatic carbocycles. The van der Waals surface area contributed by atoms with E-state index < -0.39 is 5.60 Å². The molecule has 0 amide bonds. The number of rotatable bonds is 3. The van der Waals surface area contributed by atoms with E-state index in [1.54, 1.807) is 0 Å². The van der Waals surface area contributed by atoms with Gasteiger partial charge < -0.3 is 5.11 Å². The summed E-state index contributed by atoms with van der Waals surface area (Å²) in [6, 6.07) is 8.53. The topological polar surface area (TPSA) is 68.4 Å². The van der Waals surface area contributed by atoms with Gasteiger partial charge in [0, 0.05) is 6.42 Å². The SMILES string of the molecule is Cc1ccccc1CC(=NC1C2CC3CC1CC(O)(C3)C2)NC#N. The van der Waals surface area contributed by atoms with E-state index in [-0.39, 0.29) is 6.04 Å². The second-order valence-corrected chi connectivity index (χ2v) is 8.10. The van der Waals surface area contributed by atoms with Gasteiger partial charge in [-0.25, -0.2) is 0 Å². The minimum absolute atomic E-state index is 0.265. The van der Waals surface area contributed by atoms with Crippen LogP contribution in [0, 0.1) is 36.1 Å². The Bertz CT molecular complexity index is 689. The number of nitrogens with one attached hydrogen (secondary N) is 1. The number of aliphatic imine (C=N–C) groups is 1. The van der Waals surface area contributed by atoms with Crippen LogP contribution >= 0.6 is 0 Å². The third-order valence-corrected chi connectivity index (χ3v) is 6.32. The Morgan fingerprint density at radius 3 is 2.62 bits per heavy atom. The number of nitrogens with zero attached hydrogens (tertiary/aromatic N) is 2. The maximum atomic E-state index is 10.7. The van der Waals surface area contributed by atoms with Crippen molar-refractivity contribution in [3.8, 4) is 6.19 Å². The molecule has 4 nitrogen and oxygen atoms in total. The van der Waals surface area contributed by atoms with Gasteiger partial charge in [-0.05, 0) is 67.9 Å². The molecule has 2 N–H and O–H groups in total. The summed E-state index contributed by atoms with van der Waals surface area (Å²) >= 11 is 0. The lowest BCUT2D eigenvalue weighted by Gasteiger charge is -2.57. The minimum Gasteiger partial charge on any atom is -0.390 e. The fourth-order valence-electron chi connectivity index (χ4n) is 5.52. The molecule has 24 heavy (non-hydrogen) atoms. The number of aliphatic hydroxyl groups is 1. The van der Waals surface area contributed by atoms with Crippen LogP contribution in [0.4, 0.5) is 0 Å². The van der Waals surface area contributed by atoms with Crippen LogP contribution in [0.1, 0.15) is 43.2 Å². The first-order chi connectivity index (χ1) is 11.6. The molecule has 4 aliphatic carbocycles. The van der Waals surface area contributed by atoms with Crippen LogP contribution in [0.2, 0.25) is 0 Å². The average Bonchev–Trinajstić information content (AvgIpc) is 2.51. The van der Waals surface area contributed by atoms with Gasteiger partial charge in [0.15, 0.2) is 6.19 Å². The first kappa shape index (κ1) is 15.7. The zero-order valence-electron chi connectivity index (χ0n) is 14.2. The van der Waals surface area contributed by atoms with Crippen molar-refractivity contribution in [1.29, 1.82) is 5.26 Å². The highest BCUT2D eigenvalue weighted by atomic mass is 16.3. The first-order valence-electron chi connectivity index (χ1n) is 9.05. The molecular formula is C20H25N3O. The maximum Gasteiger partial charge on any atom is 0.182 e. The Morgan fingerprint density at radius 1 is 1.29 bits per heavy atom. The highest BCUT2D eigenvalue weighted by molar-refractivity contribution is 5.86. The fourth-order valence-corrected chi connectivity index (χ4v) is 5.52. The minimum atomic E-state index is -0.429. The average molecular weight is 323 g/mol. The molecule has 0 spiro atoms. The standard InChI is InChI=1S/C20H25N3O/c1-13-4-2-3-5-15(13)8-18(22-12-21)23-19-16-6-14-7-17(19)11-20(24,9-14)10-16/h2-5,14,16-17,19,24H,6-11H2,1H3,(H,22,23). The number of aryl methyl sites for hydroxylation is 1. The van der Waals surface area contributed by atoms with Crippen molar-refractivity contribution in [3.63, 3.8) is 0 Å². The van der Waals surface area contributed by atoms with Gasteiger partial charge >= 0.3 is 0 Å². The van der Waals surface area contributed by atoms with Crippen molar-refractivity contribution in [2.75, 3.05) is 0 Å². The Kier molecular flexibility index (Phi) is 3.85. The zero-order chi connectivity index (χ0) is 16.7. The third kappa shape index (κ3) is 2.82. The van der Waals surface area contributed by atoms with E-state index in [0.29, 0.717) is 24.2 Å². The first-order valence-corrected chi connectivity index (χ1v) is 9.05. The van der Waals surface area contributed by atoms with Gasteiger partial charge in [0.2, 0.25) is 0 Å². The van der Waals surface area contributed by atoms with Crippen LogP contribution in [0.25, 0.3) is 0 Å². The zero-order valence-corrected chi connectivity index (χ0v) is 14.2. The van der Waals surface area contributed by atoms with E-state index in [0.717, 1.165) is 25.1 Å². The van der Waals surface area contributed by atoms with Crippen LogP contribution < -0.4 is 5.32 Å². The normalized spacial score (nSPS) is 37.3. The third-order valence-electron chi connectivity index (χ3n) is 6.32. The number of hydrogen-bond donors (Lipinski definition) is 2. The van der Waals surface area contributed by atoms with E-state index in [1.165, 1.54) is 24.0 Å². The number of nitriles is 1. The largest absolute Gasteiger partial charge is 0.390 e. The van der Waals surface area contributed by atoms with Crippen LogP contribution in [0.15, 0.2) is 29.3 Å². The van der Waals surface area contributed by atoms with Gasteiger partial charge in [-0.15, -0.1) is 0 Å². The Labute approximate surface area is 143 Å². The predicted octanol–water partition coefficient (Wildman–Crippen LogP) is 2.95. The molecule has 0 aromatic heterocycles. The Balaban J connectivity index is 1.58.